The van der Waals surface area contributed by atoms with Crippen molar-refractivity contribution >= 4 is 10.0 Å². The van der Waals surface area contributed by atoms with Gasteiger partial charge in [-0.2, -0.15) is 0 Å². The molecule has 0 saturated heterocycles. The van der Waals surface area contributed by atoms with Crippen LogP contribution in [0.25, 0.3) is 0 Å². The van der Waals surface area contributed by atoms with Crippen LogP contribution >= 0.6 is 0 Å². The molecule has 2 N–H and O–H groups in total. The van der Waals surface area contributed by atoms with Gasteiger partial charge in [0.1, 0.15) is 5.82 Å². The van der Waals surface area contributed by atoms with Crippen LogP contribution in [-0.2, 0) is 29.3 Å². The highest BCUT2D eigenvalue weighted by molar-refractivity contribution is 7.90. The molecule has 4 rings (SSSR count). The van der Waals surface area contributed by atoms with E-state index in [0.29, 0.717) is 24.8 Å². The molecule has 2 aromatic carbocycles. The fourth-order valence-electron chi connectivity index (χ4n) is 4.82. The quantitative estimate of drug-likeness (QED) is 0.640. The molecule has 2 atom stereocenters. The second-order valence-electron chi connectivity index (χ2n) is 8.74. The Morgan fingerprint density at radius 3 is 2.63 bits per heavy atom. The fraction of sp³-hybridized carbons (Fsp3) is 0.500. The molecule has 1 saturated carbocycles. The first kappa shape index (κ1) is 21.5. The van der Waals surface area contributed by atoms with Crippen LogP contribution in [0.1, 0.15) is 47.4 Å². The average molecular weight is 431 g/mol. The maximum atomic E-state index is 13.7. The van der Waals surface area contributed by atoms with Crippen LogP contribution in [0.5, 0.6) is 0 Å². The van der Waals surface area contributed by atoms with Gasteiger partial charge >= 0.3 is 0 Å². The lowest BCUT2D eigenvalue weighted by Gasteiger charge is -2.25. The summed E-state index contributed by atoms with van der Waals surface area (Å²) in [5.74, 6) is 0.616. The molecule has 1 fully saturated rings. The largest absolute Gasteiger partial charge is 0.319 e. The van der Waals surface area contributed by atoms with Gasteiger partial charge in [0.15, 0.2) is 0 Å². The predicted octanol–water partition coefficient (Wildman–Crippen LogP) is 3.56. The van der Waals surface area contributed by atoms with Gasteiger partial charge in [-0.15, -0.1) is 0 Å². The minimum atomic E-state index is -3.17. The third-order valence-corrected chi connectivity index (χ3v) is 8.64. The zero-order valence-corrected chi connectivity index (χ0v) is 18.3. The van der Waals surface area contributed by atoms with Crippen LogP contribution in [-0.4, -0.2) is 33.8 Å². The van der Waals surface area contributed by atoms with Crippen molar-refractivity contribution in [3.8, 4) is 0 Å². The zero-order valence-electron chi connectivity index (χ0n) is 17.5. The highest BCUT2D eigenvalue weighted by Gasteiger charge is 2.33. The highest BCUT2D eigenvalue weighted by Crippen LogP contribution is 2.40. The van der Waals surface area contributed by atoms with Crippen LogP contribution in [0.4, 0.5) is 4.39 Å². The lowest BCUT2D eigenvalue weighted by atomic mass is 9.86. The van der Waals surface area contributed by atoms with E-state index in [9.17, 15) is 12.8 Å². The van der Waals surface area contributed by atoms with Crippen molar-refractivity contribution in [3.05, 3.63) is 70.5 Å². The Balaban J connectivity index is 1.47. The second kappa shape index (κ2) is 9.16. The lowest BCUT2D eigenvalue weighted by Crippen LogP contribution is -2.39. The molecule has 6 heteroatoms. The molecule has 0 spiro atoms. The number of halogens is 1. The molecule has 0 radical (unpaired) electrons. The first-order valence-corrected chi connectivity index (χ1v) is 12.5. The summed E-state index contributed by atoms with van der Waals surface area (Å²) < 4.78 is 41.0. The topological polar surface area (TPSA) is 58.2 Å². The standard InChI is InChI=1S/C24H31FN2O2S/c1-26-16-20-15-19-9-8-17(10-11-27-30(28,29)22-6-3-7-22)13-23(19)24(20)14-18-4-2-5-21(25)12-18/h2,4-5,8-9,12-13,20,22,24,26-27H,3,6-7,10-11,14-16H2,1H3. The Morgan fingerprint density at radius 1 is 1.10 bits per heavy atom. The van der Waals surface area contributed by atoms with Crippen LogP contribution in [0.15, 0.2) is 42.5 Å². The molecular weight excluding hydrogens is 399 g/mol. The third kappa shape index (κ3) is 4.76. The van der Waals surface area contributed by atoms with Gasteiger partial charge in [0.25, 0.3) is 0 Å². The molecule has 0 amide bonds. The van der Waals surface area contributed by atoms with Gasteiger partial charge in [-0.1, -0.05) is 36.8 Å². The second-order valence-corrected chi connectivity index (χ2v) is 10.8. The summed E-state index contributed by atoms with van der Waals surface area (Å²) in [6.45, 7) is 1.36. The SMILES string of the molecule is CNCC1Cc2ccc(CCNS(=O)(=O)C3CCC3)cc2C1Cc1cccc(F)c1. The molecular formula is C24H31FN2O2S. The number of rotatable bonds is 9. The average Bonchev–Trinajstić information content (AvgIpc) is 2.97. The van der Waals surface area contributed by atoms with Gasteiger partial charge in [-0.25, -0.2) is 17.5 Å². The monoisotopic (exact) mass is 430 g/mol. The van der Waals surface area contributed by atoms with Gasteiger partial charge in [0.05, 0.1) is 5.25 Å². The third-order valence-electron chi connectivity index (χ3n) is 6.68. The Hall–Kier alpha value is -1.76. The van der Waals surface area contributed by atoms with E-state index in [0.717, 1.165) is 49.8 Å². The summed E-state index contributed by atoms with van der Waals surface area (Å²) in [4.78, 5) is 0. The first-order chi connectivity index (χ1) is 14.5. The highest BCUT2D eigenvalue weighted by atomic mass is 32.2. The van der Waals surface area contributed by atoms with Crippen LogP contribution < -0.4 is 10.0 Å². The minimum Gasteiger partial charge on any atom is -0.319 e. The Labute approximate surface area is 179 Å². The van der Waals surface area contributed by atoms with Gasteiger partial charge < -0.3 is 5.32 Å². The smallest absolute Gasteiger partial charge is 0.214 e. The summed E-state index contributed by atoms with van der Waals surface area (Å²) in [7, 11) is -1.20. The van der Waals surface area contributed by atoms with E-state index in [1.54, 1.807) is 12.1 Å². The van der Waals surface area contributed by atoms with Crippen molar-refractivity contribution in [2.45, 2.75) is 49.7 Å². The van der Waals surface area contributed by atoms with E-state index in [2.05, 4.69) is 28.2 Å². The minimum absolute atomic E-state index is 0.191. The van der Waals surface area contributed by atoms with Crippen molar-refractivity contribution in [1.82, 2.24) is 10.0 Å². The van der Waals surface area contributed by atoms with E-state index < -0.39 is 10.0 Å². The number of nitrogens with one attached hydrogen (secondary N) is 2. The van der Waals surface area contributed by atoms with E-state index in [4.69, 9.17) is 0 Å². The summed E-state index contributed by atoms with van der Waals surface area (Å²) in [6, 6.07) is 13.5. The van der Waals surface area contributed by atoms with E-state index >= 15 is 0 Å². The fourth-order valence-corrected chi connectivity index (χ4v) is 6.39. The van der Waals surface area contributed by atoms with Crippen LogP contribution in [0, 0.1) is 11.7 Å². The number of fused-ring (bicyclic) bond motifs is 1. The molecule has 162 valence electrons. The lowest BCUT2D eigenvalue weighted by molar-refractivity contribution is 0.435. The van der Waals surface area contributed by atoms with E-state index in [1.807, 2.05) is 13.1 Å². The number of hydrogen-bond donors (Lipinski definition) is 2. The number of benzene rings is 2. The summed E-state index contributed by atoms with van der Waals surface area (Å²) >= 11 is 0. The Bertz CT molecular complexity index is 988. The molecule has 0 heterocycles. The maximum Gasteiger partial charge on any atom is 0.214 e. The summed E-state index contributed by atoms with van der Waals surface area (Å²) in [5.41, 5.74) is 4.86. The molecule has 0 aromatic heterocycles. The van der Waals surface area contributed by atoms with Crippen molar-refractivity contribution in [1.29, 1.82) is 0 Å². The molecule has 2 unspecified atom stereocenters. The normalized spacial score (nSPS) is 21.4. The first-order valence-electron chi connectivity index (χ1n) is 11.0. The molecule has 2 aromatic rings. The van der Waals surface area contributed by atoms with E-state index in [1.165, 1.54) is 17.2 Å². The number of sulfonamides is 1. The van der Waals surface area contributed by atoms with Crippen molar-refractivity contribution < 1.29 is 12.8 Å². The van der Waals surface area contributed by atoms with Gasteiger partial charge in [0, 0.05) is 6.54 Å². The number of hydrogen-bond acceptors (Lipinski definition) is 3. The summed E-state index contributed by atoms with van der Waals surface area (Å²) in [5, 5.41) is 3.11. The van der Waals surface area contributed by atoms with Gasteiger partial charge in [-0.05, 0) is 91.9 Å². The molecule has 30 heavy (non-hydrogen) atoms. The Kier molecular flexibility index (Phi) is 6.56. The molecule has 4 nitrogen and oxygen atoms in total. The van der Waals surface area contributed by atoms with Gasteiger partial charge in [0.2, 0.25) is 10.0 Å². The van der Waals surface area contributed by atoms with Crippen molar-refractivity contribution in [2.75, 3.05) is 20.1 Å². The van der Waals surface area contributed by atoms with Crippen molar-refractivity contribution in [2.24, 2.45) is 5.92 Å². The molecule has 2 aliphatic carbocycles. The van der Waals surface area contributed by atoms with Gasteiger partial charge in [-0.3, -0.25) is 0 Å². The predicted molar refractivity (Wildman–Crippen MR) is 119 cm³/mol. The van der Waals surface area contributed by atoms with Crippen molar-refractivity contribution in [3.63, 3.8) is 0 Å². The van der Waals surface area contributed by atoms with Crippen LogP contribution in [0.3, 0.4) is 0 Å². The van der Waals surface area contributed by atoms with E-state index in [-0.39, 0.29) is 11.1 Å². The Morgan fingerprint density at radius 2 is 1.93 bits per heavy atom. The molecule has 2 aliphatic rings. The maximum absolute atomic E-state index is 13.7. The van der Waals surface area contributed by atoms with Crippen LogP contribution in [0.2, 0.25) is 0 Å². The molecule has 0 aliphatic heterocycles. The summed E-state index contributed by atoms with van der Waals surface area (Å²) in [6.07, 6.45) is 5.09. The zero-order chi connectivity index (χ0) is 21.1. The molecule has 0 bridgehead atoms.